The van der Waals surface area contributed by atoms with E-state index in [0.717, 1.165) is 0 Å². The van der Waals surface area contributed by atoms with E-state index in [1.54, 1.807) is 13.0 Å². The molecule has 0 aliphatic rings. The predicted molar refractivity (Wildman–Crippen MR) is 69.3 cm³/mol. The van der Waals surface area contributed by atoms with Crippen LogP contribution in [0.1, 0.15) is 12.5 Å². The number of nitrogens with one attached hydrogen (secondary N) is 1. The van der Waals surface area contributed by atoms with Gasteiger partial charge in [0.25, 0.3) is 0 Å². The first-order valence-electron chi connectivity index (χ1n) is 5.76. The number of alkyl halides is 2. The molecule has 0 saturated heterocycles. The van der Waals surface area contributed by atoms with Crippen LogP contribution in [0.15, 0.2) is 24.3 Å². The number of rotatable bonds is 6. The quantitative estimate of drug-likeness (QED) is 0.640. The second-order valence-corrected chi connectivity index (χ2v) is 4.08. The van der Waals surface area contributed by atoms with Gasteiger partial charge in [-0.05, 0) is 24.6 Å². The van der Waals surface area contributed by atoms with Crippen molar-refractivity contribution in [2.24, 2.45) is 0 Å². The van der Waals surface area contributed by atoms with Gasteiger partial charge in [0.2, 0.25) is 0 Å². The van der Waals surface area contributed by atoms with E-state index < -0.39 is 18.1 Å². The van der Waals surface area contributed by atoms with Crippen molar-refractivity contribution >= 4 is 5.97 Å². The zero-order chi connectivity index (χ0) is 15.2. The van der Waals surface area contributed by atoms with Gasteiger partial charge in [-0.3, -0.25) is 5.32 Å². The summed E-state index contributed by atoms with van der Waals surface area (Å²) in [5.41, 5.74) is -0.833. The Morgan fingerprint density at radius 1 is 1.55 bits per heavy atom. The Kier molecular flexibility index (Phi) is 5.47. The highest BCUT2D eigenvalue weighted by molar-refractivity contribution is 5.82. The molecule has 108 valence electrons. The molecule has 0 saturated carbocycles. The summed E-state index contributed by atoms with van der Waals surface area (Å²) in [5, 5.41) is 2.84. The minimum Gasteiger partial charge on any atom is -0.467 e. The fourth-order valence-corrected chi connectivity index (χ4v) is 1.71. The Balaban J connectivity index is 3.14. The third-order valence-electron chi connectivity index (χ3n) is 2.77. The maximum Gasteiger partial charge on any atom is 0.387 e. The highest BCUT2D eigenvalue weighted by atomic mass is 19.3. The van der Waals surface area contributed by atoms with Crippen LogP contribution in [0.3, 0.4) is 0 Å². The average Bonchev–Trinajstić information content (AvgIpc) is 2.43. The largest absolute Gasteiger partial charge is 0.467 e. The fraction of sp³-hybridized carbons (Fsp3) is 0.357. The summed E-state index contributed by atoms with van der Waals surface area (Å²) in [5.74, 6) is 1.72. The number of halogens is 2. The monoisotopic (exact) mass is 283 g/mol. The van der Waals surface area contributed by atoms with Crippen LogP contribution in [0, 0.1) is 12.3 Å². The maximum absolute atomic E-state index is 12.2. The molecule has 0 aromatic heterocycles. The zero-order valence-corrected chi connectivity index (χ0v) is 11.2. The Labute approximate surface area is 116 Å². The van der Waals surface area contributed by atoms with Crippen molar-refractivity contribution in [3.8, 4) is 18.1 Å². The number of terminal acetylenes is 1. The van der Waals surface area contributed by atoms with Gasteiger partial charge in [0.05, 0.1) is 13.7 Å². The van der Waals surface area contributed by atoms with E-state index in [4.69, 9.17) is 11.2 Å². The molecule has 0 heterocycles. The number of hydrogen-bond donors (Lipinski definition) is 1. The third kappa shape index (κ3) is 3.68. The first kappa shape index (κ1) is 15.9. The van der Waals surface area contributed by atoms with Gasteiger partial charge in [-0.1, -0.05) is 18.1 Å². The molecule has 4 nitrogen and oxygen atoms in total. The smallest absolute Gasteiger partial charge is 0.387 e. The van der Waals surface area contributed by atoms with Crippen LogP contribution in [-0.2, 0) is 15.1 Å². The van der Waals surface area contributed by atoms with Crippen LogP contribution in [0.25, 0.3) is 0 Å². The van der Waals surface area contributed by atoms with Crippen molar-refractivity contribution in [2.45, 2.75) is 19.1 Å². The molecule has 1 aromatic carbocycles. The second-order valence-electron chi connectivity index (χ2n) is 4.08. The van der Waals surface area contributed by atoms with Gasteiger partial charge < -0.3 is 9.47 Å². The highest BCUT2D eigenvalue weighted by Gasteiger charge is 2.36. The molecule has 1 unspecified atom stereocenters. The van der Waals surface area contributed by atoms with E-state index in [9.17, 15) is 13.6 Å². The SMILES string of the molecule is C#CCNC(C)(C(=O)OC)c1cccc(OC(F)F)c1. The van der Waals surface area contributed by atoms with Crippen molar-refractivity contribution in [1.82, 2.24) is 5.32 Å². The van der Waals surface area contributed by atoms with Crippen molar-refractivity contribution in [3.05, 3.63) is 29.8 Å². The molecule has 0 aliphatic heterocycles. The van der Waals surface area contributed by atoms with Crippen LogP contribution in [0.5, 0.6) is 5.75 Å². The summed E-state index contributed by atoms with van der Waals surface area (Å²) >= 11 is 0. The molecular weight excluding hydrogens is 268 g/mol. The van der Waals surface area contributed by atoms with Crippen molar-refractivity contribution in [3.63, 3.8) is 0 Å². The summed E-state index contributed by atoms with van der Waals surface area (Å²) in [6, 6.07) is 5.81. The number of benzene rings is 1. The van der Waals surface area contributed by atoms with Crippen LogP contribution in [-0.4, -0.2) is 26.2 Å². The summed E-state index contributed by atoms with van der Waals surface area (Å²) in [7, 11) is 1.23. The minimum atomic E-state index is -2.94. The molecule has 1 N–H and O–H groups in total. The van der Waals surface area contributed by atoms with Crippen LogP contribution < -0.4 is 10.1 Å². The molecule has 0 amide bonds. The maximum atomic E-state index is 12.2. The lowest BCUT2D eigenvalue weighted by Gasteiger charge is -2.28. The number of esters is 1. The topological polar surface area (TPSA) is 47.6 Å². The fourth-order valence-electron chi connectivity index (χ4n) is 1.71. The Morgan fingerprint density at radius 3 is 2.80 bits per heavy atom. The minimum absolute atomic E-state index is 0.0462. The molecule has 0 fully saturated rings. The molecule has 0 spiro atoms. The lowest BCUT2D eigenvalue weighted by molar-refractivity contribution is -0.148. The summed E-state index contributed by atoms with van der Waals surface area (Å²) in [6.45, 7) is -1.27. The number of hydrogen-bond acceptors (Lipinski definition) is 4. The summed E-state index contributed by atoms with van der Waals surface area (Å²) in [6.07, 6.45) is 5.16. The van der Waals surface area contributed by atoms with Gasteiger partial charge in [0.15, 0.2) is 0 Å². The van der Waals surface area contributed by atoms with Crippen LogP contribution in [0.2, 0.25) is 0 Å². The van der Waals surface area contributed by atoms with Gasteiger partial charge in [-0.25, -0.2) is 4.79 Å². The Hall–Kier alpha value is -2.13. The Bertz CT molecular complexity index is 513. The Morgan fingerprint density at radius 2 is 2.25 bits per heavy atom. The predicted octanol–water partition coefficient (Wildman–Crippen LogP) is 1.90. The number of methoxy groups -OCH3 is 1. The normalized spacial score (nSPS) is 13.4. The van der Waals surface area contributed by atoms with Gasteiger partial charge in [-0.15, -0.1) is 6.42 Å². The second kappa shape index (κ2) is 6.87. The van der Waals surface area contributed by atoms with E-state index in [1.165, 1.54) is 25.3 Å². The molecular formula is C14H15F2NO3. The van der Waals surface area contributed by atoms with Gasteiger partial charge in [0.1, 0.15) is 11.3 Å². The number of carbonyl (C=O) groups excluding carboxylic acids is 1. The zero-order valence-electron chi connectivity index (χ0n) is 11.2. The first-order chi connectivity index (χ1) is 9.43. The van der Waals surface area contributed by atoms with Crippen molar-refractivity contribution < 1.29 is 23.0 Å². The lowest BCUT2D eigenvalue weighted by atomic mass is 9.91. The van der Waals surface area contributed by atoms with E-state index >= 15 is 0 Å². The number of ether oxygens (including phenoxy) is 2. The van der Waals surface area contributed by atoms with Gasteiger partial charge in [0, 0.05) is 0 Å². The van der Waals surface area contributed by atoms with E-state index in [-0.39, 0.29) is 12.3 Å². The first-order valence-corrected chi connectivity index (χ1v) is 5.76. The molecule has 1 rings (SSSR count). The molecule has 0 aliphatic carbocycles. The van der Waals surface area contributed by atoms with Gasteiger partial charge in [-0.2, -0.15) is 8.78 Å². The summed E-state index contributed by atoms with van der Waals surface area (Å²) < 4.78 is 33.5. The lowest BCUT2D eigenvalue weighted by Crippen LogP contribution is -2.47. The standard InChI is InChI=1S/C14H15F2NO3/c1-4-8-17-14(2,12(18)19-3)10-6-5-7-11(9-10)20-13(15)16/h1,5-7,9,13,17H,8H2,2-3H3. The molecule has 1 atom stereocenters. The molecule has 0 bridgehead atoms. The third-order valence-corrected chi connectivity index (χ3v) is 2.77. The van der Waals surface area contributed by atoms with E-state index in [0.29, 0.717) is 5.56 Å². The van der Waals surface area contributed by atoms with Crippen molar-refractivity contribution in [1.29, 1.82) is 0 Å². The van der Waals surface area contributed by atoms with E-state index in [1.807, 2.05) is 0 Å². The van der Waals surface area contributed by atoms with Crippen LogP contribution >= 0.6 is 0 Å². The average molecular weight is 283 g/mol. The molecule has 6 heteroatoms. The summed E-state index contributed by atoms with van der Waals surface area (Å²) in [4.78, 5) is 11.9. The highest BCUT2D eigenvalue weighted by Crippen LogP contribution is 2.26. The number of carbonyl (C=O) groups is 1. The molecule has 0 radical (unpaired) electrons. The van der Waals surface area contributed by atoms with Gasteiger partial charge >= 0.3 is 12.6 Å². The molecule has 1 aromatic rings. The molecule has 20 heavy (non-hydrogen) atoms. The van der Waals surface area contributed by atoms with Crippen LogP contribution in [0.4, 0.5) is 8.78 Å². The van der Waals surface area contributed by atoms with E-state index in [2.05, 4.69) is 16.0 Å². The van der Waals surface area contributed by atoms with Crippen molar-refractivity contribution in [2.75, 3.05) is 13.7 Å².